The van der Waals surface area contributed by atoms with E-state index in [-0.39, 0.29) is 22.9 Å². The van der Waals surface area contributed by atoms with Crippen LogP contribution in [-0.4, -0.2) is 30.5 Å². The number of nitrogens with zero attached hydrogens (tertiary/aromatic N) is 2. The van der Waals surface area contributed by atoms with Crippen molar-refractivity contribution in [2.75, 3.05) is 6.61 Å². The fraction of sp³-hybridized carbons (Fsp3) is 0.231. The summed E-state index contributed by atoms with van der Waals surface area (Å²) in [6.07, 6.45) is 1.42. The molecular formula is C13H11ClN2O4S. The first-order valence-corrected chi connectivity index (χ1v) is 8.23. The lowest BCUT2D eigenvalue weighted by molar-refractivity contribution is 0.0519. The van der Waals surface area contributed by atoms with E-state index in [0.717, 1.165) is 0 Å². The van der Waals surface area contributed by atoms with Crippen LogP contribution in [0.5, 0.6) is 0 Å². The highest BCUT2D eigenvalue weighted by molar-refractivity contribution is 7.90. The number of fused-ring (bicyclic) bond motifs is 3. The number of esters is 1. The Hall–Kier alpha value is -1.86. The standard InChI is InChI=1S/C13H11ClN2O4S/c1-2-20-13(17)12-10-6-21(18,19)11-5-8(14)3-4-9(11)16(10)7-15-12/h3-5,7H,2,6H2,1H3. The van der Waals surface area contributed by atoms with Gasteiger partial charge in [-0.2, -0.15) is 0 Å². The van der Waals surface area contributed by atoms with Crippen LogP contribution in [0.1, 0.15) is 23.1 Å². The van der Waals surface area contributed by atoms with Gasteiger partial charge in [0.05, 0.1) is 28.6 Å². The lowest BCUT2D eigenvalue weighted by Crippen LogP contribution is -2.20. The van der Waals surface area contributed by atoms with E-state index in [1.807, 2.05) is 0 Å². The van der Waals surface area contributed by atoms with Crippen molar-refractivity contribution >= 4 is 27.4 Å². The van der Waals surface area contributed by atoms with Crippen molar-refractivity contribution in [2.45, 2.75) is 17.6 Å². The largest absolute Gasteiger partial charge is 0.461 e. The van der Waals surface area contributed by atoms with Gasteiger partial charge >= 0.3 is 5.97 Å². The molecule has 1 aromatic heterocycles. The molecule has 0 radical (unpaired) electrons. The Morgan fingerprint density at radius 2 is 2.24 bits per heavy atom. The van der Waals surface area contributed by atoms with Gasteiger partial charge in [0, 0.05) is 5.02 Å². The summed E-state index contributed by atoms with van der Waals surface area (Å²) in [7, 11) is -3.57. The second-order valence-corrected chi connectivity index (χ2v) is 6.90. The van der Waals surface area contributed by atoms with Crippen molar-refractivity contribution < 1.29 is 17.9 Å². The molecule has 0 saturated heterocycles. The summed E-state index contributed by atoms with van der Waals surface area (Å²) < 4.78 is 31.2. The summed E-state index contributed by atoms with van der Waals surface area (Å²) in [5.41, 5.74) is 0.771. The molecule has 0 amide bonds. The molecule has 0 spiro atoms. The van der Waals surface area contributed by atoms with Crippen molar-refractivity contribution in [3.63, 3.8) is 0 Å². The molecule has 1 aliphatic heterocycles. The third-order valence-electron chi connectivity index (χ3n) is 3.18. The SMILES string of the molecule is CCOC(=O)c1ncn2c1CS(=O)(=O)c1cc(Cl)ccc1-2. The summed E-state index contributed by atoms with van der Waals surface area (Å²) in [5.74, 6) is -0.937. The minimum Gasteiger partial charge on any atom is -0.461 e. The van der Waals surface area contributed by atoms with E-state index in [9.17, 15) is 13.2 Å². The van der Waals surface area contributed by atoms with Crippen LogP contribution in [0.25, 0.3) is 5.69 Å². The minimum atomic E-state index is -3.57. The van der Waals surface area contributed by atoms with Gasteiger partial charge in [0.25, 0.3) is 0 Å². The van der Waals surface area contributed by atoms with Crippen LogP contribution < -0.4 is 0 Å². The molecule has 0 fully saturated rings. The van der Waals surface area contributed by atoms with E-state index in [0.29, 0.717) is 16.4 Å². The number of rotatable bonds is 2. The predicted octanol–water partition coefficient (Wildman–Crippen LogP) is 1.99. The Kier molecular flexibility index (Phi) is 3.26. The van der Waals surface area contributed by atoms with Crippen LogP contribution >= 0.6 is 11.6 Å². The Balaban J connectivity index is 2.22. The number of carbonyl (C=O) groups excluding carboxylic acids is 1. The van der Waals surface area contributed by atoms with Crippen LogP contribution in [0.15, 0.2) is 29.4 Å². The Morgan fingerprint density at radius 1 is 1.48 bits per heavy atom. The van der Waals surface area contributed by atoms with Crippen LogP contribution in [0, 0.1) is 0 Å². The van der Waals surface area contributed by atoms with E-state index in [1.54, 1.807) is 23.6 Å². The molecule has 1 aliphatic rings. The fourth-order valence-corrected chi connectivity index (χ4v) is 4.10. The average Bonchev–Trinajstić information content (AvgIpc) is 2.82. The highest BCUT2D eigenvalue weighted by Gasteiger charge is 2.33. The molecule has 6 nitrogen and oxygen atoms in total. The van der Waals surface area contributed by atoms with Gasteiger partial charge in [-0.3, -0.25) is 4.57 Å². The number of aromatic nitrogens is 2. The second kappa shape index (κ2) is 4.85. The van der Waals surface area contributed by atoms with E-state index in [1.165, 1.54) is 12.4 Å². The van der Waals surface area contributed by atoms with Crippen LogP contribution in [0.3, 0.4) is 0 Å². The van der Waals surface area contributed by atoms with Crippen molar-refractivity contribution in [3.05, 3.63) is 40.9 Å². The molecule has 3 rings (SSSR count). The number of ether oxygens (including phenoxy) is 1. The first-order valence-electron chi connectivity index (χ1n) is 6.20. The molecule has 2 aromatic rings. The minimum absolute atomic E-state index is 0.0287. The molecule has 0 atom stereocenters. The lowest BCUT2D eigenvalue weighted by atomic mass is 10.2. The maximum absolute atomic E-state index is 12.4. The molecule has 0 aliphatic carbocycles. The smallest absolute Gasteiger partial charge is 0.358 e. The molecule has 2 heterocycles. The van der Waals surface area contributed by atoms with Gasteiger partial charge in [-0.05, 0) is 25.1 Å². The quantitative estimate of drug-likeness (QED) is 0.789. The molecule has 1 aromatic carbocycles. The predicted molar refractivity (Wildman–Crippen MR) is 75.4 cm³/mol. The van der Waals surface area contributed by atoms with E-state index < -0.39 is 15.8 Å². The number of halogens is 1. The third kappa shape index (κ3) is 2.22. The highest BCUT2D eigenvalue weighted by Crippen LogP contribution is 2.33. The van der Waals surface area contributed by atoms with E-state index in [2.05, 4.69) is 4.98 Å². The molecule has 0 saturated carbocycles. The zero-order valence-corrected chi connectivity index (χ0v) is 12.6. The maximum atomic E-state index is 12.4. The Labute approximate surface area is 126 Å². The van der Waals surface area contributed by atoms with Gasteiger partial charge in [0.15, 0.2) is 15.5 Å². The first-order chi connectivity index (χ1) is 9.94. The molecule has 21 heavy (non-hydrogen) atoms. The zero-order valence-electron chi connectivity index (χ0n) is 11.0. The number of carbonyl (C=O) groups is 1. The summed E-state index contributed by atoms with van der Waals surface area (Å²) in [6.45, 7) is 1.87. The van der Waals surface area contributed by atoms with Gasteiger partial charge in [0.2, 0.25) is 0 Å². The maximum Gasteiger partial charge on any atom is 0.358 e. The molecule has 8 heteroatoms. The monoisotopic (exact) mass is 326 g/mol. The highest BCUT2D eigenvalue weighted by atomic mass is 35.5. The summed E-state index contributed by atoms with van der Waals surface area (Å²) in [6, 6.07) is 4.59. The first kappa shape index (κ1) is 14.1. The van der Waals surface area contributed by atoms with Crippen molar-refractivity contribution in [2.24, 2.45) is 0 Å². The zero-order chi connectivity index (χ0) is 15.2. The fourth-order valence-electron chi connectivity index (χ4n) is 2.28. The molecular weight excluding hydrogens is 316 g/mol. The molecule has 110 valence electrons. The number of imidazole rings is 1. The van der Waals surface area contributed by atoms with Crippen molar-refractivity contribution in [1.82, 2.24) is 9.55 Å². The lowest BCUT2D eigenvalue weighted by Gasteiger charge is -2.19. The average molecular weight is 327 g/mol. The van der Waals surface area contributed by atoms with Crippen LogP contribution in [0.4, 0.5) is 0 Å². The van der Waals surface area contributed by atoms with E-state index >= 15 is 0 Å². The normalized spacial score (nSPS) is 15.1. The molecule has 0 bridgehead atoms. The Morgan fingerprint density at radius 3 is 2.95 bits per heavy atom. The van der Waals surface area contributed by atoms with E-state index in [4.69, 9.17) is 16.3 Å². The van der Waals surface area contributed by atoms with Crippen LogP contribution in [0.2, 0.25) is 5.02 Å². The topological polar surface area (TPSA) is 78.3 Å². The van der Waals surface area contributed by atoms with Crippen molar-refractivity contribution in [1.29, 1.82) is 0 Å². The molecule has 0 N–H and O–H groups in total. The summed E-state index contributed by atoms with van der Waals surface area (Å²) in [4.78, 5) is 16.0. The van der Waals surface area contributed by atoms with Gasteiger partial charge in [0.1, 0.15) is 6.33 Å². The van der Waals surface area contributed by atoms with Gasteiger partial charge < -0.3 is 4.74 Å². The Bertz CT molecular complexity index is 842. The van der Waals surface area contributed by atoms with Crippen molar-refractivity contribution in [3.8, 4) is 5.69 Å². The summed E-state index contributed by atoms with van der Waals surface area (Å²) >= 11 is 5.86. The van der Waals surface area contributed by atoms with Gasteiger partial charge in [-0.25, -0.2) is 18.2 Å². The van der Waals surface area contributed by atoms with Crippen LogP contribution in [-0.2, 0) is 20.3 Å². The second-order valence-electron chi connectivity index (χ2n) is 4.50. The number of sulfone groups is 1. The molecule has 0 unspecified atom stereocenters. The number of benzene rings is 1. The van der Waals surface area contributed by atoms with Gasteiger partial charge in [-0.15, -0.1) is 0 Å². The van der Waals surface area contributed by atoms with Gasteiger partial charge in [-0.1, -0.05) is 11.6 Å². The third-order valence-corrected chi connectivity index (χ3v) is 5.06. The number of hydrogen-bond donors (Lipinski definition) is 0. The number of hydrogen-bond acceptors (Lipinski definition) is 5. The summed E-state index contributed by atoms with van der Waals surface area (Å²) in [5, 5.41) is 0.339.